The number of benzene rings is 1. The van der Waals surface area contributed by atoms with Crippen LogP contribution in [0.2, 0.25) is 0 Å². The Morgan fingerprint density at radius 3 is 2.79 bits per heavy atom. The van der Waals surface area contributed by atoms with E-state index in [-0.39, 0.29) is 12.3 Å². The van der Waals surface area contributed by atoms with Gasteiger partial charge in [0.15, 0.2) is 0 Å². The molecule has 4 heteroatoms. The van der Waals surface area contributed by atoms with Gasteiger partial charge >= 0.3 is 0 Å². The van der Waals surface area contributed by atoms with Crippen LogP contribution in [0.25, 0.3) is 11.3 Å². The smallest absolute Gasteiger partial charge is 0.267 e. The number of nitrogens with zero attached hydrogens (tertiary/aromatic N) is 1. The molecule has 0 atom stereocenters. The first-order chi connectivity index (χ1) is 9.13. The molecule has 0 radical (unpaired) electrons. The maximum absolute atomic E-state index is 11.2. The van der Waals surface area contributed by atoms with E-state index in [0.29, 0.717) is 16.8 Å². The fourth-order valence-electron chi connectivity index (χ4n) is 1.72. The molecule has 0 unspecified atom stereocenters. The molecule has 0 aliphatic heterocycles. The molecule has 0 bridgehead atoms. The van der Waals surface area contributed by atoms with Gasteiger partial charge in [-0.3, -0.25) is 4.79 Å². The largest absolute Gasteiger partial charge is 0.392 e. The Kier molecular flexibility index (Phi) is 3.60. The van der Waals surface area contributed by atoms with Gasteiger partial charge in [0.1, 0.15) is 5.69 Å². The summed E-state index contributed by atoms with van der Waals surface area (Å²) < 4.78 is 0. The Morgan fingerprint density at radius 1 is 1.37 bits per heavy atom. The molecule has 1 heterocycles. The van der Waals surface area contributed by atoms with Crippen LogP contribution in [0, 0.1) is 12.3 Å². The molecule has 0 spiro atoms. The van der Waals surface area contributed by atoms with E-state index in [9.17, 15) is 9.90 Å². The maximum atomic E-state index is 11.2. The number of carbonyl (C=O) groups is 1. The average Bonchev–Trinajstić information content (AvgIpc) is 2.46. The SMILES string of the molecule is C#Cc1cccc(-c2cc(CO)cc(C(N)=O)n2)c1. The van der Waals surface area contributed by atoms with E-state index in [0.717, 1.165) is 5.56 Å². The number of rotatable bonds is 3. The van der Waals surface area contributed by atoms with Crippen LogP contribution in [0.4, 0.5) is 0 Å². The minimum atomic E-state index is -0.635. The Labute approximate surface area is 110 Å². The lowest BCUT2D eigenvalue weighted by atomic mass is 10.1. The Balaban J connectivity index is 2.57. The summed E-state index contributed by atoms with van der Waals surface area (Å²) in [4.78, 5) is 15.4. The van der Waals surface area contributed by atoms with Crippen LogP contribution in [0.3, 0.4) is 0 Å². The quantitative estimate of drug-likeness (QED) is 0.809. The summed E-state index contributed by atoms with van der Waals surface area (Å²) in [6, 6.07) is 10.4. The van der Waals surface area contributed by atoms with Gasteiger partial charge in [0, 0.05) is 11.1 Å². The van der Waals surface area contributed by atoms with Crippen LogP contribution >= 0.6 is 0 Å². The van der Waals surface area contributed by atoms with E-state index in [1.165, 1.54) is 6.07 Å². The molecule has 1 aromatic heterocycles. The number of amides is 1. The third kappa shape index (κ3) is 2.79. The van der Waals surface area contributed by atoms with Crippen molar-refractivity contribution >= 4 is 5.91 Å². The second kappa shape index (κ2) is 5.34. The van der Waals surface area contributed by atoms with E-state index in [1.807, 2.05) is 12.1 Å². The molecule has 0 fully saturated rings. The van der Waals surface area contributed by atoms with Crippen molar-refractivity contribution in [3.63, 3.8) is 0 Å². The fourth-order valence-corrected chi connectivity index (χ4v) is 1.72. The standard InChI is InChI=1S/C15H12N2O2/c1-2-10-4-3-5-12(6-10)13-7-11(9-18)8-14(17-13)15(16)19/h1,3-8,18H,9H2,(H2,16,19). The van der Waals surface area contributed by atoms with Crippen molar-refractivity contribution in [2.45, 2.75) is 6.61 Å². The third-order valence-corrected chi connectivity index (χ3v) is 2.65. The van der Waals surface area contributed by atoms with Gasteiger partial charge in [-0.15, -0.1) is 6.42 Å². The van der Waals surface area contributed by atoms with E-state index in [2.05, 4.69) is 10.9 Å². The van der Waals surface area contributed by atoms with E-state index < -0.39 is 5.91 Å². The Morgan fingerprint density at radius 2 is 2.16 bits per heavy atom. The lowest BCUT2D eigenvalue weighted by molar-refractivity contribution is 0.0995. The number of aliphatic hydroxyl groups excluding tert-OH is 1. The monoisotopic (exact) mass is 252 g/mol. The zero-order valence-corrected chi connectivity index (χ0v) is 10.1. The molecule has 2 aromatic rings. The highest BCUT2D eigenvalue weighted by Crippen LogP contribution is 2.20. The summed E-state index contributed by atoms with van der Waals surface area (Å²) in [5.41, 5.74) is 7.96. The number of hydrogen-bond donors (Lipinski definition) is 2. The molecule has 0 aliphatic rings. The van der Waals surface area contributed by atoms with Gasteiger partial charge in [0.25, 0.3) is 5.91 Å². The second-order valence-electron chi connectivity index (χ2n) is 3.99. The Hall–Kier alpha value is -2.64. The molecule has 1 amide bonds. The molecule has 19 heavy (non-hydrogen) atoms. The van der Waals surface area contributed by atoms with E-state index in [4.69, 9.17) is 12.2 Å². The van der Waals surface area contributed by atoms with Gasteiger partial charge in [0.05, 0.1) is 12.3 Å². The molecule has 94 valence electrons. The fraction of sp³-hybridized carbons (Fsp3) is 0.0667. The van der Waals surface area contributed by atoms with E-state index >= 15 is 0 Å². The van der Waals surface area contributed by atoms with Gasteiger partial charge in [-0.2, -0.15) is 0 Å². The van der Waals surface area contributed by atoms with Crippen molar-refractivity contribution in [1.29, 1.82) is 0 Å². The summed E-state index contributed by atoms with van der Waals surface area (Å²) >= 11 is 0. The summed E-state index contributed by atoms with van der Waals surface area (Å²) in [7, 11) is 0. The number of carbonyl (C=O) groups excluding carboxylic acids is 1. The predicted molar refractivity (Wildman–Crippen MR) is 72.0 cm³/mol. The van der Waals surface area contributed by atoms with Crippen molar-refractivity contribution in [3.05, 3.63) is 53.2 Å². The minimum Gasteiger partial charge on any atom is -0.392 e. The summed E-state index contributed by atoms with van der Waals surface area (Å²) in [6.45, 7) is -0.190. The second-order valence-corrected chi connectivity index (χ2v) is 3.99. The number of hydrogen-bond acceptors (Lipinski definition) is 3. The molecule has 0 saturated carbocycles. The van der Waals surface area contributed by atoms with Gasteiger partial charge < -0.3 is 10.8 Å². The Bertz CT molecular complexity index is 672. The number of pyridine rings is 1. The van der Waals surface area contributed by atoms with Crippen molar-refractivity contribution in [1.82, 2.24) is 4.98 Å². The molecule has 2 rings (SSSR count). The molecular formula is C15H12N2O2. The highest BCUT2D eigenvalue weighted by molar-refractivity contribution is 5.91. The molecule has 0 aliphatic carbocycles. The zero-order valence-electron chi connectivity index (χ0n) is 10.1. The average molecular weight is 252 g/mol. The molecule has 0 saturated heterocycles. The first kappa shape index (κ1) is 12.8. The minimum absolute atomic E-state index is 0.118. The highest BCUT2D eigenvalue weighted by atomic mass is 16.3. The first-order valence-electron chi connectivity index (χ1n) is 5.62. The molecular weight excluding hydrogens is 240 g/mol. The van der Waals surface area contributed by atoms with Gasteiger partial charge in [0.2, 0.25) is 0 Å². The lowest BCUT2D eigenvalue weighted by Crippen LogP contribution is -2.14. The number of terminal acetylenes is 1. The number of primary amides is 1. The first-order valence-corrected chi connectivity index (χ1v) is 5.62. The van der Waals surface area contributed by atoms with Crippen molar-refractivity contribution in [2.24, 2.45) is 5.73 Å². The number of aliphatic hydroxyl groups is 1. The normalized spacial score (nSPS) is 9.89. The van der Waals surface area contributed by atoms with E-state index in [1.54, 1.807) is 18.2 Å². The maximum Gasteiger partial charge on any atom is 0.267 e. The molecule has 1 aromatic carbocycles. The van der Waals surface area contributed by atoms with Crippen LogP contribution in [0.1, 0.15) is 21.6 Å². The summed E-state index contributed by atoms with van der Waals surface area (Å²) in [6.07, 6.45) is 5.35. The number of nitrogens with two attached hydrogens (primary N) is 1. The summed E-state index contributed by atoms with van der Waals surface area (Å²) in [5, 5.41) is 9.20. The highest BCUT2D eigenvalue weighted by Gasteiger charge is 2.08. The van der Waals surface area contributed by atoms with Crippen LogP contribution < -0.4 is 5.73 Å². The number of aromatic nitrogens is 1. The van der Waals surface area contributed by atoms with Gasteiger partial charge in [-0.05, 0) is 29.8 Å². The molecule has 4 nitrogen and oxygen atoms in total. The van der Waals surface area contributed by atoms with Crippen molar-refractivity contribution < 1.29 is 9.90 Å². The third-order valence-electron chi connectivity index (χ3n) is 2.65. The van der Waals surface area contributed by atoms with Gasteiger partial charge in [-0.1, -0.05) is 18.1 Å². The predicted octanol–water partition coefficient (Wildman–Crippen LogP) is 1.32. The van der Waals surface area contributed by atoms with Crippen LogP contribution in [-0.4, -0.2) is 16.0 Å². The van der Waals surface area contributed by atoms with Crippen LogP contribution in [0.15, 0.2) is 36.4 Å². The lowest BCUT2D eigenvalue weighted by Gasteiger charge is -2.06. The zero-order chi connectivity index (χ0) is 13.8. The van der Waals surface area contributed by atoms with Gasteiger partial charge in [-0.25, -0.2) is 4.98 Å². The van der Waals surface area contributed by atoms with Crippen molar-refractivity contribution in [2.75, 3.05) is 0 Å². The van der Waals surface area contributed by atoms with Crippen LogP contribution in [-0.2, 0) is 6.61 Å². The summed E-state index contributed by atoms with van der Waals surface area (Å²) in [5.74, 6) is 1.90. The van der Waals surface area contributed by atoms with Crippen LogP contribution in [0.5, 0.6) is 0 Å². The van der Waals surface area contributed by atoms with Crippen molar-refractivity contribution in [3.8, 4) is 23.6 Å². The molecule has 3 N–H and O–H groups in total. The topological polar surface area (TPSA) is 76.2 Å².